The van der Waals surface area contributed by atoms with Gasteiger partial charge in [-0.05, 0) is 36.6 Å². The molecule has 0 aliphatic carbocycles. The number of nitrogens with zero attached hydrogens (tertiary/aromatic N) is 5. The van der Waals surface area contributed by atoms with E-state index in [0.29, 0.717) is 18.8 Å². The first-order valence-corrected chi connectivity index (χ1v) is 10.3. The van der Waals surface area contributed by atoms with Gasteiger partial charge < -0.3 is 5.32 Å². The zero-order valence-electron chi connectivity index (χ0n) is 16.4. The van der Waals surface area contributed by atoms with Crippen molar-refractivity contribution >= 4 is 17.2 Å². The fourth-order valence-corrected chi connectivity index (χ4v) is 3.88. The standard InChI is InChI=1S/C21H20N6O2S/c1-15-7-8-20(29)27(25-15)14-19(28)23-10-11-26-21(18-6-4-12-30-18)16(13-24-26)17-5-2-3-9-22-17/h2-9,12-13H,10-11,14H2,1H3,(H,23,28). The summed E-state index contributed by atoms with van der Waals surface area (Å²) in [5.41, 5.74) is 3.14. The third kappa shape index (κ3) is 4.36. The zero-order valence-corrected chi connectivity index (χ0v) is 17.2. The van der Waals surface area contributed by atoms with E-state index < -0.39 is 0 Å². The molecule has 4 aromatic rings. The Morgan fingerprint density at radius 3 is 2.80 bits per heavy atom. The maximum atomic E-state index is 12.3. The summed E-state index contributed by atoms with van der Waals surface area (Å²) in [7, 11) is 0. The topological polar surface area (TPSA) is 94.7 Å². The van der Waals surface area contributed by atoms with Gasteiger partial charge in [-0.2, -0.15) is 10.2 Å². The summed E-state index contributed by atoms with van der Waals surface area (Å²) >= 11 is 1.63. The Kier molecular flexibility index (Phi) is 5.80. The Morgan fingerprint density at radius 1 is 1.13 bits per heavy atom. The first kappa shape index (κ1) is 19.7. The van der Waals surface area contributed by atoms with Crippen molar-refractivity contribution in [3.05, 3.63) is 76.3 Å². The fraction of sp³-hybridized carbons (Fsp3) is 0.190. The van der Waals surface area contributed by atoms with Crippen LogP contribution in [0.3, 0.4) is 0 Å². The molecule has 30 heavy (non-hydrogen) atoms. The molecule has 0 radical (unpaired) electrons. The first-order valence-electron chi connectivity index (χ1n) is 9.44. The lowest BCUT2D eigenvalue weighted by atomic mass is 10.1. The van der Waals surface area contributed by atoms with Crippen LogP contribution in [0.5, 0.6) is 0 Å². The van der Waals surface area contributed by atoms with Gasteiger partial charge in [0.05, 0.1) is 34.7 Å². The average molecular weight is 420 g/mol. The Labute approximate surface area is 176 Å². The molecule has 0 saturated carbocycles. The van der Waals surface area contributed by atoms with Crippen molar-refractivity contribution in [2.24, 2.45) is 0 Å². The monoisotopic (exact) mass is 420 g/mol. The lowest BCUT2D eigenvalue weighted by Crippen LogP contribution is -2.35. The molecule has 4 aromatic heterocycles. The van der Waals surface area contributed by atoms with Crippen LogP contribution >= 0.6 is 11.3 Å². The zero-order chi connectivity index (χ0) is 20.9. The van der Waals surface area contributed by atoms with Gasteiger partial charge in [0.2, 0.25) is 5.91 Å². The lowest BCUT2D eigenvalue weighted by Gasteiger charge is -2.10. The van der Waals surface area contributed by atoms with Crippen LogP contribution < -0.4 is 10.9 Å². The molecule has 1 amide bonds. The van der Waals surface area contributed by atoms with Gasteiger partial charge in [0.15, 0.2) is 0 Å². The number of carbonyl (C=O) groups excluding carboxylic acids is 1. The summed E-state index contributed by atoms with van der Waals surface area (Å²) in [6.07, 6.45) is 3.56. The number of pyridine rings is 1. The molecule has 4 heterocycles. The number of rotatable bonds is 7. The summed E-state index contributed by atoms with van der Waals surface area (Å²) in [6, 6.07) is 12.8. The third-order valence-electron chi connectivity index (χ3n) is 4.47. The van der Waals surface area contributed by atoms with Gasteiger partial charge in [-0.1, -0.05) is 12.1 Å². The van der Waals surface area contributed by atoms with Crippen LogP contribution in [0.1, 0.15) is 5.69 Å². The van der Waals surface area contributed by atoms with Crippen molar-refractivity contribution < 1.29 is 4.79 Å². The second kappa shape index (κ2) is 8.83. The molecule has 0 aromatic carbocycles. The molecule has 1 N–H and O–H groups in total. The number of carbonyl (C=O) groups is 1. The molecular formula is C21H20N6O2S. The van der Waals surface area contributed by atoms with E-state index in [4.69, 9.17) is 0 Å². The summed E-state index contributed by atoms with van der Waals surface area (Å²) in [6.45, 7) is 2.52. The predicted molar refractivity (Wildman–Crippen MR) is 115 cm³/mol. The van der Waals surface area contributed by atoms with E-state index >= 15 is 0 Å². The first-order chi connectivity index (χ1) is 14.6. The lowest BCUT2D eigenvalue weighted by molar-refractivity contribution is -0.121. The van der Waals surface area contributed by atoms with Crippen molar-refractivity contribution in [1.82, 2.24) is 29.9 Å². The number of aromatic nitrogens is 5. The molecule has 9 heteroatoms. The van der Waals surface area contributed by atoms with E-state index in [1.807, 2.05) is 40.4 Å². The van der Waals surface area contributed by atoms with E-state index in [0.717, 1.165) is 26.5 Å². The van der Waals surface area contributed by atoms with Gasteiger partial charge in [-0.3, -0.25) is 19.3 Å². The van der Waals surface area contributed by atoms with Gasteiger partial charge >= 0.3 is 0 Å². The minimum atomic E-state index is -0.303. The van der Waals surface area contributed by atoms with E-state index in [9.17, 15) is 9.59 Å². The van der Waals surface area contributed by atoms with Crippen LogP contribution in [0.15, 0.2) is 65.0 Å². The highest BCUT2D eigenvalue weighted by Crippen LogP contribution is 2.33. The summed E-state index contributed by atoms with van der Waals surface area (Å²) in [4.78, 5) is 29.6. The van der Waals surface area contributed by atoms with Crippen LogP contribution in [-0.2, 0) is 17.9 Å². The van der Waals surface area contributed by atoms with Crippen molar-refractivity contribution in [3.8, 4) is 21.8 Å². The number of thiophene rings is 1. The molecule has 0 bridgehead atoms. The van der Waals surface area contributed by atoms with Crippen LogP contribution in [0, 0.1) is 6.92 Å². The van der Waals surface area contributed by atoms with Gasteiger partial charge in [0, 0.05) is 24.4 Å². The SMILES string of the molecule is Cc1ccc(=O)n(CC(=O)NCCn2ncc(-c3ccccn3)c2-c2cccs2)n1. The van der Waals surface area contributed by atoms with Gasteiger partial charge in [0.25, 0.3) is 5.56 Å². The number of amides is 1. The second-order valence-corrected chi connectivity index (χ2v) is 7.59. The second-order valence-electron chi connectivity index (χ2n) is 6.64. The fourth-order valence-electron chi connectivity index (χ4n) is 3.10. The van der Waals surface area contributed by atoms with E-state index in [-0.39, 0.29) is 18.0 Å². The van der Waals surface area contributed by atoms with Crippen LogP contribution in [0.2, 0.25) is 0 Å². The minimum absolute atomic E-state index is 0.114. The van der Waals surface area contributed by atoms with Crippen molar-refractivity contribution in [1.29, 1.82) is 0 Å². The maximum Gasteiger partial charge on any atom is 0.267 e. The molecule has 0 atom stereocenters. The van der Waals surface area contributed by atoms with Crippen LogP contribution in [0.4, 0.5) is 0 Å². The summed E-state index contributed by atoms with van der Waals surface area (Å²) < 4.78 is 3.03. The number of hydrogen-bond acceptors (Lipinski definition) is 6. The molecule has 0 saturated heterocycles. The molecule has 0 aliphatic heterocycles. The third-order valence-corrected chi connectivity index (χ3v) is 5.35. The van der Waals surface area contributed by atoms with Crippen LogP contribution in [0.25, 0.3) is 21.8 Å². The Morgan fingerprint density at radius 2 is 2.03 bits per heavy atom. The molecule has 4 rings (SSSR count). The van der Waals surface area contributed by atoms with Crippen LogP contribution in [-0.4, -0.2) is 37.0 Å². The van der Waals surface area contributed by atoms with E-state index in [1.54, 1.807) is 36.7 Å². The molecular weight excluding hydrogens is 400 g/mol. The molecule has 0 fully saturated rings. The number of nitrogens with one attached hydrogen (secondary N) is 1. The summed E-state index contributed by atoms with van der Waals surface area (Å²) in [5.74, 6) is -0.273. The maximum absolute atomic E-state index is 12.3. The highest BCUT2D eigenvalue weighted by molar-refractivity contribution is 7.13. The largest absolute Gasteiger partial charge is 0.353 e. The number of hydrogen-bond donors (Lipinski definition) is 1. The van der Waals surface area contributed by atoms with Gasteiger partial charge in [0.1, 0.15) is 6.54 Å². The number of aryl methyl sites for hydroxylation is 1. The van der Waals surface area contributed by atoms with Crippen molar-refractivity contribution in [2.75, 3.05) is 6.54 Å². The highest BCUT2D eigenvalue weighted by atomic mass is 32.1. The van der Waals surface area contributed by atoms with Crippen molar-refractivity contribution in [3.63, 3.8) is 0 Å². The minimum Gasteiger partial charge on any atom is -0.353 e. The average Bonchev–Trinajstić information content (AvgIpc) is 3.41. The van der Waals surface area contributed by atoms with Gasteiger partial charge in [-0.15, -0.1) is 11.3 Å². The smallest absolute Gasteiger partial charge is 0.267 e. The van der Waals surface area contributed by atoms with Crippen molar-refractivity contribution in [2.45, 2.75) is 20.0 Å². The van der Waals surface area contributed by atoms with E-state index in [2.05, 4.69) is 20.5 Å². The molecule has 0 unspecified atom stereocenters. The Bertz CT molecular complexity index is 1200. The normalized spacial score (nSPS) is 10.8. The molecule has 0 aliphatic rings. The quantitative estimate of drug-likeness (QED) is 0.495. The molecule has 8 nitrogen and oxygen atoms in total. The molecule has 152 valence electrons. The highest BCUT2D eigenvalue weighted by Gasteiger charge is 2.16. The van der Waals surface area contributed by atoms with Gasteiger partial charge in [-0.25, -0.2) is 4.68 Å². The Balaban J connectivity index is 1.47. The summed E-state index contributed by atoms with van der Waals surface area (Å²) in [5, 5.41) is 13.5. The Hall–Kier alpha value is -3.59. The molecule has 0 spiro atoms. The van der Waals surface area contributed by atoms with E-state index in [1.165, 1.54) is 6.07 Å². The predicted octanol–water partition coefficient (Wildman–Crippen LogP) is 2.36.